The van der Waals surface area contributed by atoms with Crippen molar-refractivity contribution in [3.05, 3.63) is 63.7 Å². The first kappa shape index (κ1) is 17.7. The van der Waals surface area contributed by atoms with E-state index in [1.54, 1.807) is 17.4 Å². The molecular formula is C18H19ClN4OS. The molecule has 0 bridgehead atoms. The van der Waals surface area contributed by atoms with Crippen molar-refractivity contribution in [2.45, 2.75) is 6.04 Å². The smallest absolute Gasteiger partial charge is 0.244 e. The Morgan fingerprint density at radius 3 is 2.96 bits per heavy atom. The first-order valence-corrected chi connectivity index (χ1v) is 9.10. The van der Waals surface area contributed by atoms with Crippen molar-refractivity contribution in [3.8, 4) is 0 Å². The predicted molar refractivity (Wildman–Crippen MR) is 103 cm³/mol. The minimum absolute atomic E-state index is 0.150. The first-order valence-electron chi connectivity index (χ1n) is 7.84. The number of likely N-dealkylation sites (N-methyl/N-ethyl adjacent to an activating group) is 1. The van der Waals surface area contributed by atoms with Gasteiger partial charge in [-0.15, -0.1) is 11.3 Å². The zero-order valence-electron chi connectivity index (χ0n) is 14.0. The average molecular weight is 375 g/mol. The van der Waals surface area contributed by atoms with E-state index in [-0.39, 0.29) is 11.9 Å². The summed E-state index contributed by atoms with van der Waals surface area (Å²) in [6.45, 7) is 0.539. The maximum atomic E-state index is 12.2. The molecule has 3 aromatic heterocycles. The lowest BCUT2D eigenvalue weighted by atomic mass is 10.2. The molecule has 3 heterocycles. The Bertz CT molecular complexity index is 886. The van der Waals surface area contributed by atoms with E-state index in [4.69, 9.17) is 11.6 Å². The Labute approximate surface area is 155 Å². The Balaban J connectivity index is 1.67. The van der Waals surface area contributed by atoms with Crippen LogP contribution in [0.15, 0.2) is 48.0 Å². The zero-order valence-corrected chi connectivity index (χ0v) is 15.6. The van der Waals surface area contributed by atoms with Gasteiger partial charge in [-0.25, -0.2) is 4.98 Å². The van der Waals surface area contributed by atoms with Crippen LogP contribution in [0.5, 0.6) is 0 Å². The van der Waals surface area contributed by atoms with Crippen molar-refractivity contribution >= 4 is 40.6 Å². The molecule has 0 fully saturated rings. The van der Waals surface area contributed by atoms with Crippen LogP contribution >= 0.6 is 22.9 Å². The number of amides is 1. The highest BCUT2D eigenvalue weighted by Gasteiger charge is 2.15. The minimum Gasteiger partial charge on any atom is -0.351 e. The van der Waals surface area contributed by atoms with Crippen LogP contribution in [-0.2, 0) is 4.79 Å². The highest BCUT2D eigenvalue weighted by Crippen LogP contribution is 2.22. The third-order valence-electron chi connectivity index (χ3n) is 3.88. The summed E-state index contributed by atoms with van der Waals surface area (Å²) in [6.07, 6.45) is 5.04. The van der Waals surface area contributed by atoms with Gasteiger partial charge in [-0.2, -0.15) is 0 Å². The summed E-state index contributed by atoms with van der Waals surface area (Å²) in [5.41, 5.74) is 1.44. The van der Waals surface area contributed by atoms with Crippen LogP contribution in [0.3, 0.4) is 0 Å². The van der Waals surface area contributed by atoms with E-state index >= 15 is 0 Å². The topological polar surface area (TPSA) is 49.6 Å². The monoisotopic (exact) mass is 374 g/mol. The Morgan fingerprint density at radius 1 is 1.40 bits per heavy atom. The number of pyridine rings is 1. The third kappa shape index (κ3) is 4.10. The number of aromatic nitrogens is 2. The summed E-state index contributed by atoms with van der Waals surface area (Å²) in [5, 5.41) is 5.37. The standard InChI is InChI=1S/C18H19ClN4OS/c1-22(2)14(15-6-5-11-25-15)12-20-17(24)9-8-13-18(19)21-16-7-3-4-10-23(13)16/h3-11,14H,12H2,1-2H3,(H,20,24)/b9-8+. The quantitative estimate of drug-likeness (QED) is 0.672. The number of nitrogens with zero attached hydrogens (tertiary/aromatic N) is 3. The van der Waals surface area contributed by atoms with E-state index in [9.17, 15) is 4.79 Å². The van der Waals surface area contributed by atoms with Crippen molar-refractivity contribution < 1.29 is 4.79 Å². The van der Waals surface area contributed by atoms with Gasteiger partial charge in [0, 0.05) is 23.7 Å². The van der Waals surface area contributed by atoms with Crippen molar-refractivity contribution in [3.63, 3.8) is 0 Å². The van der Waals surface area contributed by atoms with Crippen LogP contribution in [0.2, 0.25) is 5.15 Å². The number of rotatable bonds is 6. The lowest BCUT2D eigenvalue weighted by Crippen LogP contribution is -2.33. The molecule has 0 radical (unpaired) electrons. The van der Waals surface area contributed by atoms with Crippen LogP contribution < -0.4 is 5.32 Å². The molecular weight excluding hydrogens is 356 g/mol. The highest BCUT2D eigenvalue weighted by atomic mass is 35.5. The van der Waals surface area contributed by atoms with Gasteiger partial charge < -0.3 is 10.2 Å². The Morgan fingerprint density at radius 2 is 2.24 bits per heavy atom. The fraction of sp³-hybridized carbons (Fsp3) is 0.222. The van der Waals surface area contributed by atoms with E-state index < -0.39 is 0 Å². The summed E-state index contributed by atoms with van der Waals surface area (Å²) in [4.78, 5) is 19.8. The molecule has 1 N–H and O–H groups in total. The fourth-order valence-electron chi connectivity index (χ4n) is 2.56. The van der Waals surface area contributed by atoms with Gasteiger partial charge in [-0.1, -0.05) is 23.7 Å². The lowest BCUT2D eigenvalue weighted by Gasteiger charge is -2.23. The van der Waals surface area contributed by atoms with Gasteiger partial charge in [0.15, 0.2) is 5.15 Å². The molecule has 1 unspecified atom stereocenters. The summed E-state index contributed by atoms with van der Waals surface area (Å²) in [6, 6.07) is 9.90. The second-order valence-corrected chi connectivity index (χ2v) is 7.13. The number of thiophene rings is 1. The van der Waals surface area contributed by atoms with Gasteiger partial charge >= 0.3 is 0 Å². The summed E-state index contributed by atoms with van der Waals surface area (Å²) in [5.74, 6) is -0.162. The normalized spacial score (nSPS) is 13.0. The number of fused-ring (bicyclic) bond motifs is 1. The average Bonchev–Trinajstić information content (AvgIpc) is 3.20. The molecule has 1 amide bonds. The van der Waals surface area contributed by atoms with Gasteiger partial charge in [-0.05, 0) is 43.8 Å². The molecule has 0 spiro atoms. The maximum absolute atomic E-state index is 12.2. The molecule has 0 saturated carbocycles. The maximum Gasteiger partial charge on any atom is 0.244 e. The fourth-order valence-corrected chi connectivity index (χ4v) is 3.73. The van der Waals surface area contributed by atoms with Gasteiger partial charge in [-0.3, -0.25) is 9.20 Å². The molecule has 0 aliphatic carbocycles. The van der Waals surface area contributed by atoms with Crippen molar-refractivity contribution in [2.24, 2.45) is 0 Å². The number of nitrogens with one attached hydrogen (secondary N) is 1. The van der Waals surface area contributed by atoms with E-state index in [0.29, 0.717) is 17.4 Å². The van der Waals surface area contributed by atoms with Crippen LogP contribution in [0.25, 0.3) is 11.7 Å². The van der Waals surface area contributed by atoms with Gasteiger partial charge in [0.25, 0.3) is 0 Å². The van der Waals surface area contributed by atoms with Crippen molar-refractivity contribution in [2.75, 3.05) is 20.6 Å². The highest BCUT2D eigenvalue weighted by molar-refractivity contribution is 7.10. The molecule has 3 rings (SSSR count). The number of imidazole rings is 1. The summed E-state index contributed by atoms with van der Waals surface area (Å²) in [7, 11) is 4.01. The largest absolute Gasteiger partial charge is 0.351 e. The van der Waals surface area contributed by atoms with Gasteiger partial charge in [0.05, 0.1) is 11.7 Å². The number of carbonyl (C=O) groups excluding carboxylic acids is 1. The number of hydrogen-bond acceptors (Lipinski definition) is 4. The van der Waals surface area contributed by atoms with E-state index in [0.717, 1.165) is 5.65 Å². The molecule has 0 aliphatic rings. The number of carbonyl (C=O) groups is 1. The molecule has 0 aromatic carbocycles. The van der Waals surface area contributed by atoms with Gasteiger partial charge in [0.1, 0.15) is 5.65 Å². The molecule has 5 nitrogen and oxygen atoms in total. The Hall–Kier alpha value is -2.15. The molecule has 130 valence electrons. The lowest BCUT2D eigenvalue weighted by molar-refractivity contribution is -0.116. The van der Waals surface area contributed by atoms with Crippen molar-refractivity contribution in [1.82, 2.24) is 19.6 Å². The molecule has 0 saturated heterocycles. The second-order valence-electron chi connectivity index (χ2n) is 5.79. The van der Waals surface area contributed by atoms with Crippen LogP contribution in [0.4, 0.5) is 0 Å². The molecule has 7 heteroatoms. The summed E-state index contributed by atoms with van der Waals surface area (Å²) < 4.78 is 1.85. The van der Waals surface area contributed by atoms with E-state index in [1.807, 2.05) is 54.3 Å². The molecule has 1 atom stereocenters. The van der Waals surface area contributed by atoms with Gasteiger partial charge in [0.2, 0.25) is 5.91 Å². The summed E-state index contributed by atoms with van der Waals surface area (Å²) >= 11 is 7.85. The zero-order chi connectivity index (χ0) is 17.8. The molecule has 25 heavy (non-hydrogen) atoms. The third-order valence-corrected chi connectivity index (χ3v) is 5.13. The molecule has 0 aliphatic heterocycles. The number of hydrogen-bond donors (Lipinski definition) is 1. The minimum atomic E-state index is -0.162. The van der Waals surface area contributed by atoms with E-state index in [1.165, 1.54) is 11.0 Å². The van der Waals surface area contributed by atoms with Crippen molar-refractivity contribution in [1.29, 1.82) is 0 Å². The van der Waals surface area contributed by atoms with Crippen LogP contribution in [0, 0.1) is 0 Å². The predicted octanol–water partition coefficient (Wildman–Crippen LogP) is 3.48. The van der Waals surface area contributed by atoms with Crippen LogP contribution in [-0.4, -0.2) is 40.8 Å². The number of halogens is 1. The second kappa shape index (κ2) is 7.82. The molecule has 3 aromatic rings. The van der Waals surface area contributed by atoms with Crippen LogP contribution in [0.1, 0.15) is 16.6 Å². The van der Waals surface area contributed by atoms with E-state index in [2.05, 4.69) is 21.3 Å². The Kier molecular flexibility index (Phi) is 5.53. The first-order chi connectivity index (χ1) is 12.1. The SMILES string of the molecule is CN(C)C(CNC(=O)/C=C/c1c(Cl)nc2ccccn12)c1cccs1.